The molecule has 0 saturated carbocycles. The van der Waals surface area contributed by atoms with E-state index < -0.39 is 11.7 Å². The Morgan fingerprint density at radius 1 is 1.28 bits per heavy atom. The first-order valence-corrected chi connectivity index (χ1v) is 9.38. The molecule has 0 spiro atoms. The molecule has 2 N–H and O–H groups in total. The molecule has 3 aromatic rings. The lowest BCUT2D eigenvalue weighted by atomic mass is 10.1. The highest BCUT2D eigenvalue weighted by atomic mass is 19.4. The average Bonchev–Trinajstić information content (AvgIpc) is 3.28. The second-order valence-corrected chi connectivity index (χ2v) is 6.85. The smallest absolute Gasteiger partial charge is 0.370 e. The predicted octanol–water partition coefficient (Wildman–Crippen LogP) is 3.76. The number of nitrogens with zero attached hydrogens (tertiary/aromatic N) is 6. The van der Waals surface area contributed by atoms with Gasteiger partial charge >= 0.3 is 6.18 Å². The van der Waals surface area contributed by atoms with E-state index in [1.807, 2.05) is 24.0 Å². The van der Waals surface area contributed by atoms with Gasteiger partial charge in [-0.15, -0.1) is 0 Å². The minimum atomic E-state index is -4.53. The van der Waals surface area contributed by atoms with Crippen LogP contribution in [0.1, 0.15) is 42.9 Å². The van der Waals surface area contributed by atoms with Crippen molar-refractivity contribution < 1.29 is 13.2 Å². The Morgan fingerprint density at radius 3 is 2.86 bits per heavy atom. The van der Waals surface area contributed by atoms with Gasteiger partial charge in [-0.25, -0.2) is 9.97 Å². The van der Waals surface area contributed by atoms with Crippen LogP contribution < -0.4 is 10.6 Å². The first-order valence-electron chi connectivity index (χ1n) is 9.38. The van der Waals surface area contributed by atoms with Crippen molar-refractivity contribution in [1.82, 2.24) is 29.3 Å². The van der Waals surface area contributed by atoms with Gasteiger partial charge in [0.1, 0.15) is 23.2 Å². The topological polar surface area (TPSA) is 85.5 Å². The fraction of sp³-hybridized carbons (Fsp3) is 0.444. The van der Waals surface area contributed by atoms with Crippen molar-refractivity contribution in [1.29, 1.82) is 0 Å². The average molecular weight is 406 g/mol. The lowest BCUT2D eigenvalue weighted by Crippen LogP contribution is -2.22. The maximum absolute atomic E-state index is 13.1. The Hall–Kier alpha value is -3.11. The lowest BCUT2D eigenvalue weighted by molar-refractivity contribution is -0.137. The monoisotopic (exact) mass is 406 g/mol. The molecule has 11 heteroatoms. The number of hydrogen-bond acceptors (Lipinski definition) is 6. The number of aromatic nitrogens is 6. The number of imidazole rings is 1. The molecule has 154 valence electrons. The zero-order valence-electron chi connectivity index (χ0n) is 16.0. The van der Waals surface area contributed by atoms with Crippen LogP contribution >= 0.6 is 0 Å². The van der Waals surface area contributed by atoms with Crippen LogP contribution in [0.15, 0.2) is 24.8 Å². The first-order chi connectivity index (χ1) is 13.9. The van der Waals surface area contributed by atoms with Crippen molar-refractivity contribution >= 4 is 17.5 Å². The fourth-order valence-corrected chi connectivity index (χ4v) is 3.48. The van der Waals surface area contributed by atoms with Gasteiger partial charge in [-0.1, -0.05) is 0 Å². The highest BCUT2D eigenvalue weighted by molar-refractivity contribution is 5.58. The third-order valence-corrected chi connectivity index (χ3v) is 4.84. The molecule has 0 aliphatic carbocycles. The van der Waals surface area contributed by atoms with E-state index in [0.717, 1.165) is 31.4 Å². The van der Waals surface area contributed by atoms with E-state index in [1.54, 1.807) is 13.1 Å². The summed E-state index contributed by atoms with van der Waals surface area (Å²) in [6.45, 7) is 4.77. The minimum absolute atomic E-state index is 0.0128. The number of hydrogen-bond donors (Lipinski definition) is 2. The Morgan fingerprint density at radius 2 is 2.10 bits per heavy atom. The second kappa shape index (κ2) is 7.37. The molecule has 1 aliphatic heterocycles. The molecule has 29 heavy (non-hydrogen) atoms. The van der Waals surface area contributed by atoms with Gasteiger partial charge in [0.05, 0.1) is 11.4 Å². The molecule has 4 rings (SSSR count). The molecule has 0 saturated heterocycles. The van der Waals surface area contributed by atoms with Gasteiger partial charge in [0.25, 0.3) is 0 Å². The van der Waals surface area contributed by atoms with E-state index in [4.69, 9.17) is 0 Å². The summed E-state index contributed by atoms with van der Waals surface area (Å²) in [4.78, 5) is 12.3. The quantitative estimate of drug-likeness (QED) is 0.671. The molecule has 4 heterocycles. The molecule has 3 aromatic heterocycles. The van der Waals surface area contributed by atoms with E-state index in [2.05, 4.69) is 35.3 Å². The van der Waals surface area contributed by atoms with E-state index in [9.17, 15) is 13.2 Å². The third kappa shape index (κ3) is 3.76. The van der Waals surface area contributed by atoms with Crippen LogP contribution in [0.25, 0.3) is 0 Å². The van der Waals surface area contributed by atoms with E-state index in [0.29, 0.717) is 17.9 Å². The Kier molecular flexibility index (Phi) is 4.89. The standard InChI is InChI=1S/C18H21F3N8/c1-3-22-15-12(18(19,20)21)9-24-17(26-15)25-13-10-29(27-11(13)2)14-5-4-7-28-8-6-23-16(14)28/h6,8-10,14H,3-5,7H2,1-2H3,(H2,22,24,25,26). The normalized spacial score (nSPS) is 16.5. The highest BCUT2D eigenvalue weighted by Crippen LogP contribution is 2.34. The van der Waals surface area contributed by atoms with Crippen LogP contribution in [0, 0.1) is 6.92 Å². The molecular weight excluding hydrogens is 385 g/mol. The van der Waals surface area contributed by atoms with Gasteiger partial charge in [0, 0.05) is 37.9 Å². The molecule has 0 fully saturated rings. The van der Waals surface area contributed by atoms with Crippen LogP contribution in [-0.4, -0.2) is 35.8 Å². The minimum Gasteiger partial charge on any atom is -0.370 e. The molecule has 0 aromatic carbocycles. The Balaban J connectivity index is 1.61. The van der Waals surface area contributed by atoms with Crippen molar-refractivity contribution in [2.75, 3.05) is 17.2 Å². The molecule has 0 bridgehead atoms. The van der Waals surface area contributed by atoms with Crippen molar-refractivity contribution in [3.8, 4) is 0 Å². The third-order valence-electron chi connectivity index (χ3n) is 4.84. The lowest BCUT2D eigenvalue weighted by Gasteiger charge is -2.23. The molecule has 1 aliphatic rings. The highest BCUT2D eigenvalue weighted by Gasteiger charge is 2.35. The SMILES string of the molecule is CCNc1nc(Nc2cn(C3CCCn4ccnc43)nc2C)ncc1C(F)(F)F. The number of alkyl halides is 3. The Labute approximate surface area is 165 Å². The fourth-order valence-electron chi connectivity index (χ4n) is 3.48. The van der Waals surface area contributed by atoms with Crippen molar-refractivity contribution in [3.05, 3.63) is 41.9 Å². The predicted molar refractivity (Wildman–Crippen MR) is 101 cm³/mol. The van der Waals surface area contributed by atoms with Gasteiger partial charge < -0.3 is 15.2 Å². The zero-order chi connectivity index (χ0) is 20.6. The molecule has 1 atom stereocenters. The summed E-state index contributed by atoms with van der Waals surface area (Å²) in [5.74, 6) is 0.768. The summed E-state index contributed by atoms with van der Waals surface area (Å²) in [7, 11) is 0. The molecule has 0 amide bonds. The summed E-state index contributed by atoms with van der Waals surface area (Å²) in [6.07, 6.45) is 3.74. The van der Waals surface area contributed by atoms with E-state index in [-0.39, 0.29) is 17.8 Å². The molecular formula is C18H21F3N8. The van der Waals surface area contributed by atoms with Crippen molar-refractivity contribution in [2.45, 2.75) is 45.5 Å². The number of aryl methyl sites for hydroxylation is 2. The zero-order valence-corrected chi connectivity index (χ0v) is 16.0. The van der Waals surface area contributed by atoms with Crippen molar-refractivity contribution in [3.63, 3.8) is 0 Å². The largest absolute Gasteiger partial charge is 0.421 e. The first kappa shape index (κ1) is 19.2. The van der Waals surface area contributed by atoms with Gasteiger partial charge in [-0.05, 0) is 26.7 Å². The van der Waals surface area contributed by atoms with Crippen LogP contribution in [0.3, 0.4) is 0 Å². The number of halogens is 3. The summed E-state index contributed by atoms with van der Waals surface area (Å²) >= 11 is 0. The molecule has 1 unspecified atom stereocenters. The number of rotatable bonds is 5. The van der Waals surface area contributed by atoms with E-state index in [1.165, 1.54) is 0 Å². The molecule has 8 nitrogen and oxygen atoms in total. The summed E-state index contributed by atoms with van der Waals surface area (Å²) in [5, 5.41) is 10.2. The van der Waals surface area contributed by atoms with Crippen LogP contribution in [-0.2, 0) is 12.7 Å². The number of anilines is 3. The number of fused-ring (bicyclic) bond motifs is 1. The maximum atomic E-state index is 13.1. The van der Waals surface area contributed by atoms with E-state index >= 15 is 0 Å². The van der Waals surface area contributed by atoms with Crippen LogP contribution in [0.5, 0.6) is 0 Å². The summed E-state index contributed by atoms with van der Waals surface area (Å²) in [6, 6.07) is 0.0128. The Bertz CT molecular complexity index is 1010. The summed E-state index contributed by atoms with van der Waals surface area (Å²) < 4.78 is 43.4. The van der Waals surface area contributed by atoms with Gasteiger partial charge in [0.15, 0.2) is 0 Å². The van der Waals surface area contributed by atoms with Gasteiger partial charge in [-0.2, -0.15) is 23.3 Å². The second-order valence-electron chi connectivity index (χ2n) is 6.85. The van der Waals surface area contributed by atoms with Crippen LogP contribution in [0.2, 0.25) is 0 Å². The number of nitrogens with one attached hydrogen (secondary N) is 2. The van der Waals surface area contributed by atoms with Gasteiger partial charge in [0.2, 0.25) is 5.95 Å². The van der Waals surface area contributed by atoms with Gasteiger partial charge in [-0.3, -0.25) is 4.68 Å². The molecule has 0 radical (unpaired) electrons. The maximum Gasteiger partial charge on any atom is 0.421 e. The van der Waals surface area contributed by atoms with Crippen molar-refractivity contribution in [2.24, 2.45) is 0 Å². The van der Waals surface area contributed by atoms with Crippen LogP contribution in [0.4, 0.5) is 30.6 Å². The summed E-state index contributed by atoms with van der Waals surface area (Å²) in [5.41, 5.74) is 0.435.